The van der Waals surface area contributed by atoms with Crippen LogP contribution in [0.15, 0.2) is 0 Å². The summed E-state index contributed by atoms with van der Waals surface area (Å²) < 4.78 is 33.6. The summed E-state index contributed by atoms with van der Waals surface area (Å²) in [5, 5.41) is 0. The molecule has 0 amide bonds. The van der Waals surface area contributed by atoms with Crippen LogP contribution in [0.5, 0.6) is 0 Å². The summed E-state index contributed by atoms with van der Waals surface area (Å²) in [6.07, 6.45) is 4.93. The van der Waals surface area contributed by atoms with Gasteiger partial charge in [0.05, 0.1) is 6.10 Å². The van der Waals surface area contributed by atoms with Gasteiger partial charge in [0.15, 0.2) is 0 Å². The molecule has 2 N–H and O–H groups in total. The molecular weight excluding hydrogens is 314 g/mol. The molecule has 0 aromatic carbocycles. The topological polar surface area (TPSA) is 75.9 Å². The molecule has 0 unspecified atom stereocenters. The molecule has 2 rings (SSSR count). The van der Waals surface area contributed by atoms with E-state index in [1.54, 1.807) is 11.4 Å². The fourth-order valence-electron chi connectivity index (χ4n) is 2.52. The monoisotopic (exact) mass is 341 g/mol. The molecule has 126 valence electrons. The van der Waals surface area contributed by atoms with E-state index in [0.717, 1.165) is 32.1 Å². The molecule has 0 atom stereocenters. The largest absolute Gasteiger partial charge is 0.378 e. The van der Waals surface area contributed by atoms with Crippen LogP contribution in [0, 0.1) is 5.92 Å². The second-order valence-electron chi connectivity index (χ2n) is 5.84. The lowest BCUT2D eigenvalue weighted by atomic mass is 10.1. The van der Waals surface area contributed by atoms with Gasteiger partial charge in [-0.2, -0.15) is 17.0 Å². The van der Waals surface area contributed by atoms with Crippen LogP contribution >= 0.6 is 12.4 Å². The molecule has 1 saturated carbocycles. The molecule has 0 aromatic heterocycles. The lowest BCUT2D eigenvalue weighted by molar-refractivity contribution is 0.0201. The van der Waals surface area contributed by atoms with Crippen molar-refractivity contribution in [3.8, 4) is 0 Å². The smallest absolute Gasteiger partial charge is 0.281 e. The number of hydrogen-bond donors (Lipinski definition) is 1. The third-order valence-corrected chi connectivity index (χ3v) is 5.99. The number of hydrogen-bond acceptors (Lipinski definition) is 4. The molecule has 0 radical (unpaired) electrons. The van der Waals surface area contributed by atoms with Gasteiger partial charge in [0.25, 0.3) is 10.2 Å². The predicted molar refractivity (Wildman–Crippen MR) is 85.7 cm³/mol. The lowest BCUT2D eigenvalue weighted by Gasteiger charge is -2.33. The number of piperidine rings is 1. The Balaban J connectivity index is 0.00000220. The Kier molecular flexibility index (Phi) is 7.87. The Labute approximate surface area is 134 Å². The van der Waals surface area contributed by atoms with E-state index < -0.39 is 10.2 Å². The first-order valence-corrected chi connectivity index (χ1v) is 8.97. The van der Waals surface area contributed by atoms with E-state index in [1.165, 1.54) is 4.31 Å². The number of halogens is 1. The van der Waals surface area contributed by atoms with Crippen LogP contribution in [0.4, 0.5) is 0 Å². The molecule has 1 aliphatic carbocycles. The van der Waals surface area contributed by atoms with Crippen LogP contribution in [0.3, 0.4) is 0 Å². The molecule has 1 heterocycles. The first-order valence-electron chi connectivity index (χ1n) is 7.57. The Morgan fingerprint density at radius 2 is 1.86 bits per heavy atom. The van der Waals surface area contributed by atoms with Crippen molar-refractivity contribution < 1.29 is 13.2 Å². The standard InChI is InChI=1S/C13H27N3O3S.ClH/c1-15(11-12-3-4-12)20(17,18)16-8-5-13(6-9-16)19-10-2-7-14;/h12-13H,2-11,14H2,1H3;1H. The first-order chi connectivity index (χ1) is 9.54. The van der Waals surface area contributed by atoms with Gasteiger partial charge < -0.3 is 10.5 Å². The summed E-state index contributed by atoms with van der Waals surface area (Å²) in [5.74, 6) is 0.576. The third-order valence-electron chi connectivity index (χ3n) is 4.04. The van der Waals surface area contributed by atoms with Crippen LogP contribution in [0.1, 0.15) is 32.1 Å². The van der Waals surface area contributed by atoms with Crippen molar-refractivity contribution in [1.82, 2.24) is 8.61 Å². The van der Waals surface area contributed by atoms with Crippen molar-refractivity contribution in [3.05, 3.63) is 0 Å². The van der Waals surface area contributed by atoms with Crippen LogP contribution < -0.4 is 5.73 Å². The average molecular weight is 342 g/mol. The summed E-state index contributed by atoms with van der Waals surface area (Å²) in [5.41, 5.74) is 5.43. The van der Waals surface area contributed by atoms with Gasteiger partial charge in [0, 0.05) is 33.3 Å². The van der Waals surface area contributed by atoms with Gasteiger partial charge in [0.2, 0.25) is 0 Å². The van der Waals surface area contributed by atoms with Crippen LogP contribution in [0.2, 0.25) is 0 Å². The predicted octanol–water partition coefficient (Wildman–Crippen LogP) is 0.825. The summed E-state index contributed by atoms with van der Waals surface area (Å²) in [6.45, 7) is 3.10. The van der Waals surface area contributed by atoms with Crippen molar-refractivity contribution in [2.45, 2.75) is 38.2 Å². The van der Waals surface area contributed by atoms with Crippen LogP contribution in [-0.2, 0) is 14.9 Å². The summed E-state index contributed by atoms with van der Waals surface area (Å²) in [6, 6.07) is 0. The molecule has 1 saturated heterocycles. The fourth-order valence-corrected chi connectivity index (χ4v) is 3.98. The molecule has 8 heteroatoms. The molecule has 0 bridgehead atoms. The maximum atomic E-state index is 12.4. The van der Waals surface area contributed by atoms with E-state index >= 15 is 0 Å². The Hall–Kier alpha value is 0.0800. The van der Waals surface area contributed by atoms with E-state index in [9.17, 15) is 8.42 Å². The Bertz CT molecular complexity index is 395. The van der Waals surface area contributed by atoms with Crippen molar-refractivity contribution in [1.29, 1.82) is 0 Å². The number of nitrogens with zero attached hydrogens (tertiary/aromatic N) is 2. The van der Waals surface area contributed by atoms with E-state index in [-0.39, 0.29) is 18.5 Å². The minimum atomic E-state index is -3.27. The van der Waals surface area contributed by atoms with E-state index in [1.807, 2.05) is 0 Å². The first kappa shape index (κ1) is 19.1. The number of nitrogens with two attached hydrogens (primary N) is 1. The van der Waals surface area contributed by atoms with Crippen LogP contribution in [0.25, 0.3) is 0 Å². The second kappa shape index (κ2) is 8.64. The highest BCUT2D eigenvalue weighted by Crippen LogP contribution is 2.30. The molecule has 1 aliphatic heterocycles. The van der Waals surface area contributed by atoms with Gasteiger partial charge in [-0.25, -0.2) is 0 Å². The van der Waals surface area contributed by atoms with Crippen molar-refractivity contribution in [3.63, 3.8) is 0 Å². The zero-order chi connectivity index (χ0) is 14.6. The molecule has 2 fully saturated rings. The maximum absolute atomic E-state index is 12.4. The zero-order valence-electron chi connectivity index (χ0n) is 12.7. The van der Waals surface area contributed by atoms with E-state index in [2.05, 4.69) is 0 Å². The lowest BCUT2D eigenvalue weighted by Crippen LogP contribution is -2.47. The third kappa shape index (κ3) is 5.65. The quantitative estimate of drug-likeness (QED) is 0.663. The molecule has 6 nitrogen and oxygen atoms in total. The zero-order valence-corrected chi connectivity index (χ0v) is 14.4. The summed E-state index contributed by atoms with van der Waals surface area (Å²) in [4.78, 5) is 0. The normalized spacial score (nSPS) is 21.5. The summed E-state index contributed by atoms with van der Waals surface area (Å²) in [7, 11) is -1.58. The minimum Gasteiger partial charge on any atom is -0.378 e. The minimum absolute atomic E-state index is 0. The fraction of sp³-hybridized carbons (Fsp3) is 1.00. The Morgan fingerprint density at radius 1 is 1.24 bits per heavy atom. The SMILES string of the molecule is CN(CC1CC1)S(=O)(=O)N1CCC(OCCCN)CC1.Cl. The van der Waals surface area contributed by atoms with Crippen molar-refractivity contribution in [2.75, 3.05) is 39.8 Å². The van der Waals surface area contributed by atoms with Gasteiger partial charge in [-0.3, -0.25) is 0 Å². The average Bonchev–Trinajstić information content (AvgIpc) is 3.23. The van der Waals surface area contributed by atoms with Gasteiger partial charge in [0.1, 0.15) is 0 Å². The number of rotatable bonds is 8. The van der Waals surface area contributed by atoms with Crippen LogP contribution in [-0.4, -0.2) is 63.0 Å². The molecule has 2 aliphatic rings. The maximum Gasteiger partial charge on any atom is 0.281 e. The molecule has 21 heavy (non-hydrogen) atoms. The highest BCUT2D eigenvalue weighted by molar-refractivity contribution is 7.86. The number of ether oxygens (including phenoxy) is 1. The Morgan fingerprint density at radius 3 is 2.38 bits per heavy atom. The molecular formula is C13H28ClN3O3S. The van der Waals surface area contributed by atoms with Gasteiger partial charge in [-0.1, -0.05) is 0 Å². The van der Waals surface area contributed by atoms with E-state index in [4.69, 9.17) is 10.5 Å². The summed E-state index contributed by atoms with van der Waals surface area (Å²) >= 11 is 0. The highest BCUT2D eigenvalue weighted by Gasteiger charge is 2.34. The van der Waals surface area contributed by atoms with Gasteiger partial charge in [-0.05, 0) is 44.6 Å². The highest BCUT2D eigenvalue weighted by atomic mass is 35.5. The molecule has 0 aromatic rings. The van der Waals surface area contributed by atoms with E-state index in [0.29, 0.717) is 38.7 Å². The van der Waals surface area contributed by atoms with Gasteiger partial charge >= 0.3 is 0 Å². The molecule has 0 spiro atoms. The van der Waals surface area contributed by atoms with Gasteiger partial charge in [-0.15, -0.1) is 12.4 Å². The van der Waals surface area contributed by atoms with Crippen molar-refractivity contribution >= 4 is 22.6 Å². The van der Waals surface area contributed by atoms with Crippen molar-refractivity contribution in [2.24, 2.45) is 11.7 Å². The second-order valence-corrected chi connectivity index (χ2v) is 7.88.